The second-order valence-corrected chi connectivity index (χ2v) is 4.61. The Kier molecular flexibility index (Phi) is 3.26. The van der Waals surface area contributed by atoms with E-state index in [2.05, 4.69) is 9.72 Å². The Morgan fingerprint density at radius 1 is 1.50 bits per heavy atom. The Hall–Kier alpha value is -1.52. The highest BCUT2D eigenvalue weighted by Crippen LogP contribution is 2.25. The molecule has 1 aromatic heterocycles. The molecule has 0 spiro atoms. The molecule has 0 bridgehead atoms. The van der Waals surface area contributed by atoms with Crippen molar-refractivity contribution in [2.75, 3.05) is 12.8 Å². The number of hydrogen-bond donors (Lipinski definition) is 1. The molecular weight excluding hydrogens is 206 g/mol. The molecule has 0 aliphatic heterocycles. The molecule has 0 aliphatic carbocycles. The molecule has 1 aromatic rings. The van der Waals surface area contributed by atoms with E-state index in [1.54, 1.807) is 0 Å². The van der Waals surface area contributed by atoms with Gasteiger partial charge in [-0.3, -0.25) is 0 Å². The fraction of sp³-hybridized carbons (Fsp3) is 0.636. The molecule has 5 nitrogen and oxygen atoms in total. The number of carbonyl (C=O) groups excluding carboxylic acids is 1. The first-order valence-electron chi connectivity index (χ1n) is 5.28. The molecule has 0 amide bonds. The Morgan fingerprint density at radius 2 is 2.06 bits per heavy atom. The van der Waals surface area contributed by atoms with E-state index in [1.807, 2.05) is 32.3 Å². The van der Waals surface area contributed by atoms with E-state index in [4.69, 9.17) is 5.73 Å². The zero-order valence-corrected chi connectivity index (χ0v) is 10.5. The van der Waals surface area contributed by atoms with Crippen molar-refractivity contribution >= 4 is 11.8 Å². The largest absolute Gasteiger partial charge is 0.464 e. The van der Waals surface area contributed by atoms with Gasteiger partial charge in [-0.25, -0.2) is 9.78 Å². The Bertz CT molecular complexity index is 402. The van der Waals surface area contributed by atoms with Crippen LogP contribution in [0.5, 0.6) is 0 Å². The number of methoxy groups -OCH3 is 1. The van der Waals surface area contributed by atoms with Crippen molar-refractivity contribution in [3.8, 4) is 0 Å². The van der Waals surface area contributed by atoms with Gasteiger partial charge < -0.3 is 15.0 Å². The summed E-state index contributed by atoms with van der Waals surface area (Å²) in [6.45, 7) is 8.03. The number of ether oxygens (including phenoxy) is 1. The SMILES string of the molecule is CCc1nc(C(=O)OC)c(N)n1C(C)(C)C. The molecule has 1 rings (SSSR count). The maximum atomic E-state index is 11.5. The number of anilines is 1. The molecule has 0 aliphatic rings. The summed E-state index contributed by atoms with van der Waals surface area (Å²) < 4.78 is 6.52. The van der Waals surface area contributed by atoms with Crippen LogP contribution in [0.25, 0.3) is 0 Å². The van der Waals surface area contributed by atoms with Crippen molar-refractivity contribution in [2.45, 2.75) is 39.7 Å². The fourth-order valence-electron chi connectivity index (χ4n) is 1.71. The van der Waals surface area contributed by atoms with E-state index in [1.165, 1.54) is 7.11 Å². The highest BCUT2D eigenvalue weighted by molar-refractivity contribution is 5.92. The second kappa shape index (κ2) is 4.15. The third-order valence-corrected chi connectivity index (χ3v) is 2.35. The summed E-state index contributed by atoms with van der Waals surface area (Å²) in [5.41, 5.74) is 5.95. The van der Waals surface area contributed by atoms with E-state index in [0.29, 0.717) is 5.82 Å². The number of esters is 1. The van der Waals surface area contributed by atoms with E-state index in [-0.39, 0.29) is 11.2 Å². The first-order chi connectivity index (χ1) is 7.32. The lowest BCUT2D eigenvalue weighted by molar-refractivity contribution is 0.0595. The Balaban J connectivity index is 3.38. The van der Waals surface area contributed by atoms with Gasteiger partial charge in [0.05, 0.1) is 7.11 Å². The first kappa shape index (κ1) is 12.5. The predicted molar refractivity (Wildman–Crippen MR) is 62.4 cm³/mol. The maximum Gasteiger partial charge on any atom is 0.360 e. The molecule has 0 saturated carbocycles. The van der Waals surface area contributed by atoms with Crippen LogP contribution >= 0.6 is 0 Å². The van der Waals surface area contributed by atoms with Gasteiger partial charge in [-0.1, -0.05) is 6.92 Å². The second-order valence-electron chi connectivity index (χ2n) is 4.61. The maximum absolute atomic E-state index is 11.5. The number of aromatic nitrogens is 2. The van der Waals surface area contributed by atoms with Crippen molar-refractivity contribution < 1.29 is 9.53 Å². The zero-order valence-electron chi connectivity index (χ0n) is 10.5. The van der Waals surface area contributed by atoms with Crippen LogP contribution in [0.4, 0.5) is 5.82 Å². The summed E-state index contributed by atoms with van der Waals surface area (Å²) in [5.74, 6) is 0.678. The predicted octanol–water partition coefficient (Wildman–Crippen LogP) is 1.57. The molecule has 90 valence electrons. The number of carbonyl (C=O) groups is 1. The molecule has 0 fully saturated rings. The molecule has 5 heteroatoms. The van der Waals surface area contributed by atoms with Crippen LogP contribution < -0.4 is 5.73 Å². The molecule has 0 radical (unpaired) electrons. The van der Waals surface area contributed by atoms with E-state index >= 15 is 0 Å². The van der Waals surface area contributed by atoms with Gasteiger partial charge in [0.15, 0.2) is 5.69 Å². The summed E-state index contributed by atoms with van der Waals surface area (Å²) in [5, 5.41) is 0. The van der Waals surface area contributed by atoms with Crippen LogP contribution in [-0.2, 0) is 16.7 Å². The average Bonchev–Trinajstić information content (AvgIpc) is 2.53. The van der Waals surface area contributed by atoms with Crippen molar-refractivity contribution in [3.63, 3.8) is 0 Å². The summed E-state index contributed by atoms with van der Waals surface area (Å²) in [6.07, 6.45) is 0.721. The van der Waals surface area contributed by atoms with Gasteiger partial charge in [-0.2, -0.15) is 0 Å². The minimum atomic E-state index is -0.491. The smallest absolute Gasteiger partial charge is 0.360 e. The topological polar surface area (TPSA) is 70.1 Å². The number of aryl methyl sites for hydroxylation is 1. The van der Waals surface area contributed by atoms with Gasteiger partial charge >= 0.3 is 5.97 Å². The van der Waals surface area contributed by atoms with Crippen molar-refractivity contribution in [3.05, 3.63) is 11.5 Å². The van der Waals surface area contributed by atoms with Crippen molar-refractivity contribution in [2.24, 2.45) is 0 Å². The van der Waals surface area contributed by atoms with Crippen LogP contribution in [0, 0.1) is 0 Å². The number of nitrogen functional groups attached to an aromatic ring is 1. The lowest BCUT2D eigenvalue weighted by Crippen LogP contribution is -2.25. The summed E-state index contributed by atoms with van der Waals surface area (Å²) in [7, 11) is 1.32. The van der Waals surface area contributed by atoms with Gasteiger partial charge in [0, 0.05) is 12.0 Å². The number of hydrogen-bond acceptors (Lipinski definition) is 4. The molecule has 1 heterocycles. The summed E-state index contributed by atoms with van der Waals surface area (Å²) >= 11 is 0. The van der Waals surface area contributed by atoms with Crippen LogP contribution in [0.1, 0.15) is 44.0 Å². The molecular formula is C11H19N3O2. The third-order valence-electron chi connectivity index (χ3n) is 2.35. The van der Waals surface area contributed by atoms with Gasteiger partial charge in [-0.05, 0) is 20.8 Å². The fourth-order valence-corrected chi connectivity index (χ4v) is 1.71. The Morgan fingerprint density at radius 3 is 2.38 bits per heavy atom. The monoisotopic (exact) mass is 225 g/mol. The highest BCUT2D eigenvalue weighted by atomic mass is 16.5. The molecule has 16 heavy (non-hydrogen) atoms. The van der Waals surface area contributed by atoms with E-state index < -0.39 is 5.97 Å². The van der Waals surface area contributed by atoms with Gasteiger partial charge in [-0.15, -0.1) is 0 Å². The third kappa shape index (κ3) is 2.03. The number of nitrogens with zero attached hydrogens (tertiary/aromatic N) is 2. The number of rotatable bonds is 2. The molecule has 2 N–H and O–H groups in total. The highest BCUT2D eigenvalue weighted by Gasteiger charge is 2.26. The summed E-state index contributed by atoms with van der Waals surface area (Å²) in [6, 6.07) is 0. The zero-order chi connectivity index (χ0) is 12.5. The van der Waals surface area contributed by atoms with Crippen molar-refractivity contribution in [1.29, 1.82) is 0 Å². The Labute approximate surface area is 95.6 Å². The van der Waals surface area contributed by atoms with Crippen LogP contribution in [0.15, 0.2) is 0 Å². The van der Waals surface area contributed by atoms with Crippen LogP contribution in [0.3, 0.4) is 0 Å². The minimum Gasteiger partial charge on any atom is -0.464 e. The van der Waals surface area contributed by atoms with Crippen molar-refractivity contribution in [1.82, 2.24) is 9.55 Å². The lowest BCUT2D eigenvalue weighted by atomic mass is 10.1. The molecule has 0 unspecified atom stereocenters. The van der Waals surface area contributed by atoms with Crippen LogP contribution in [0.2, 0.25) is 0 Å². The number of imidazole rings is 1. The number of nitrogens with two attached hydrogens (primary N) is 1. The normalized spacial score (nSPS) is 11.6. The molecule has 0 saturated heterocycles. The molecule has 0 aromatic carbocycles. The molecule has 0 atom stereocenters. The van der Waals surface area contributed by atoms with Crippen LogP contribution in [-0.4, -0.2) is 22.6 Å². The van der Waals surface area contributed by atoms with E-state index in [0.717, 1.165) is 12.2 Å². The first-order valence-corrected chi connectivity index (χ1v) is 5.28. The standard InChI is InChI=1S/C11H19N3O2/c1-6-7-13-8(10(15)16-5)9(12)14(7)11(2,3)4/h6,12H2,1-5H3. The summed E-state index contributed by atoms with van der Waals surface area (Å²) in [4.78, 5) is 15.7. The quantitative estimate of drug-likeness (QED) is 0.775. The lowest BCUT2D eigenvalue weighted by Gasteiger charge is -2.24. The average molecular weight is 225 g/mol. The van der Waals surface area contributed by atoms with Gasteiger partial charge in [0.1, 0.15) is 11.6 Å². The van der Waals surface area contributed by atoms with Gasteiger partial charge in [0.25, 0.3) is 0 Å². The van der Waals surface area contributed by atoms with Gasteiger partial charge in [0.2, 0.25) is 0 Å². The van der Waals surface area contributed by atoms with E-state index in [9.17, 15) is 4.79 Å². The minimum absolute atomic E-state index is 0.200.